The zero-order chi connectivity index (χ0) is 13.8. The number of hydrogen-bond acceptors (Lipinski definition) is 3. The molecule has 4 heteroatoms. The number of amides is 1. The molecule has 2 atom stereocenters. The monoisotopic (exact) mass is 252 g/mol. The van der Waals surface area contributed by atoms with Crippen LogP contribution in [0.2, 0.25) is 0 Å². The van der Waals surface area contributed by atoms with Crippen LogP contribution in [0.3, 0.4) is 0 Å². The molecule has 18 heavy (non-hydrogen) atoms. The van der Waals surface area contributed by atoms with Crippen molar-refractivity contribution in [3.63, 3.8) is 0 Å². The van der Waals surface area contributed by atoms with Gasteiger partial charge in [-0.25, -0.2) is 0 Å². The molecular weight excluding hydrogens is 228 g/mol. The Hall–Kier alpha value is -1.13. The van der Waals surface area contributed by atoms with E-state index < -0.39 is 6.10 Å². The fraction of sp³-hybridized carbons (Fsp3) is 0.643. The Bertz CT molecular complexity index is 352. The number of nitrogens with zero attached hydrogens (tertiary/aromatic N) is 1. The van der Waals surface area contributed by atoms with Gasteiger partial charge < -0.3 is 15.4 Å². The molecule has 2 unspecified atom stereocenters. The molecule has 0 aromatic heterocycles. The van der Waals surface area contributed by atoms with Crippen molar-refractivity contribution < 1.29 is 9.53 Å². The first-order valence-corrected chi connectivity index (χ1v) is 6.48. The summed E-state index contributed by atoms with van der Waals surface area (Å²) in [6.07, 6.45) is 4.73. The number of rotatable bonds is 5. The molecule has 0 aromatic rings. The number of allylic oxidation sites excluding steroid dienone is 3. The highest BCUT2D eigenvalue weighted by molar-refractivity contribution is 5.83. The Kier molecular flexibility index (Phi) is 5.11. The molecule has 0 saturated carbocycles. The number of carbonyl (C=O) groups is 1. The second-order valence-corrected chi connectivity index (χ2v) is 4.80. The lowest BCUT2D eigenvalue weighted by molar-refractivity contribution is -0.178. The van der Waals surface area contributed by atoms with Crippen LogP contribution < -0.4 is 5.73 Å². The zero-order valence-corrected chi connectivity index (χ0v) is 11.6. The van der Waals surface area contributed by atoms with Crippen molar-refractivity contribution in [3.05, 3.63) is 24.4 Å². The normalized spacial score (nSPS) is 29.6. The summed E-state index contributed by atoms with van der Waals surface area (Å²) in [5, 5.41) is 0. The fourth-order valence-electron chi connectivity index (χ4n) is 2.38. The molecule has 4 nitrogen and oxygen atoms in total. The molecule has 102 valence electrons. The third-order valence-corrected chi connectivity index (χ3v) is 3.52. The van der Waals surface area contributed by atoms with Gasteiger partial charge in [-0.05, 0) is 39.3 Å². The van der Waals surface area contributed by atoms with Gasteiger partial charge in [0.1, 0.15) is 6.10 Å². The van der Waals surface area contributed by atoms with Crippen LogP contribution in [0.1, 0.15) is 33.6 Å². The van der Waals surface area contributed by atoms with Gasteiger partial charge in [0.05, 0.1) is 12.1 Å². The first kappa shape index (κ1) is 14.9. The molecule has 1 aliphatic heterocycles. The smallest absolute Gasteiger partial charge is 0.255 e. The van der Waals surface area contributed by atoms with Crippen LogP contribution in [0.5, 0.6) is 0 Å². The molecule has 1 amide bonds. The highest BCUT2D eigenvalue weighted by Gasteiger charge is 2.42. The molecule has 1 fully saturated rings. The third kappa shape index (κ3) is 3.00. The zero-order valence-electron chi connectivity index (χ0n) is 11.6. The maximum Gasteiger partial charge on any atom is 0.255 e. The molecule has 0 aliphatic carbocycles. The summed E-state index contributed by atoms with van der Waals surface area (Å²) in [7, 11) is 0. The molecule has 0 bridgehead atoms. The standard InChI is InChI=1S/C14H24N2O2/c1-5-7-11(3)16-10-14(6-2,8-9-15)18-12(4)13(16)17/h5,7,12H,1,6,8-10,15H2,2-4H3/b11-7+. The van der Waals surface area contributed by atoms with Crippen molar-refractivity contribution in [2.45, 2.75) is 45.3 Å². The van der Waals surface area contributed by atoms with Crippen molar-refractivity contribution in [1.29, 1.82) is 0 Å². The molecular formula is C14H24N2O2. The fourth-order valence-corrected chi connectivity index (χ4v) is 2.38. The minimum Gasteiger partial charge on any atom is -0.360 e. The molecule has 1 aliphatic rings. The van der Waals surface area contributed by atoms with E-state index in [0.717, 1.165) is 18.5 Å². The van der Waals surface area contributed by atoms with Gasteiger partial charge in [-0.1, -0.05) is 19.6 Å². The Morgan fingerprint density at radius 3 is 2.89 bits per heavy atom. The van der Waals surface area contributed by atoms with Crippen molar-refractivity contribution >= 4 is 5.91 Å². The third-order valence-electron chi connectivity index (χ3n) is 3.52. The van der Waals surface area contributed by atoms with E-state index in [4.69, 9.17) is 10.5 Å². The van der Waals surface area contributed by atoms with Gasteiger partial charge in [0, 0.05) is 5.70 Å². The van der Waals surface area contributed by atoms with Gasteiger partial charge >= 0.3 is 0 Å². The number of hydrogen-bond donors (Lipinski definition) is 1. The minimum atomic E-state index is -0.418. The van der Waals surface area contributed by atoms with Crippen LogP contribution >= 0.6 is 0 Å². The largest absolute Gasteiger partial charge is 0.360 e. The van der Waals surface area contributed by atoms with Gasteiger partial charge in [0.15, 0.2) is 0 Å². The Labute approximate surface area is 109 Å². The lowest BCUT2D eigenvalue weighted by Gasteiger charge is -2.45. The predicted molar refractivity (Wildman–Crippen MR) is 72.9 cm³/mol. The lowest BCUT2D eigenvalue weighted by atomic mass is 9.92. The summed E-state index contributed by atoms with van der Waals surface area (Å²) in [6.45, 7) is 10.6. The highest BCUT2D eigenvalue weighted by Crippen LogP contribution is 2.30. The number of nitrogens with two attached hydrogens (primary N) is 1. The quantitative estimate of drug-likeness (QED) is 0.759. The van der Waals surface area contributed by atoms with Gasteiger partial charge in [0.25, 0.3) is 5.91 Å². The summed E-state index contributed by atoms with van der Waals surface area (Å²) in [5.41, 5.74) is 6.25. The summed E-state index contributed by atoms with van der Waals surface area (Å²) in [5.74, 6) is 0.00620. The topological polar surface area (TPSA) is 55.6 Å². The molecule has 2 N–H and O–H groups in total. The van der Waals surface area contributed by atoms with Crippen LogP contribution in [0.4, 0.5) is 0 Å². The van der Waals surface area contributed by atoms with Crippen molar-refractivity contribution in [2.75, 3.05) is 13.1 Å². The van der Waals surface area contributed by atoms with E-state index >= 15 is 0 Å². The summed E-state index contributed by atoms with van der Waals surface area (Å²) in [6, 6.07) is 0. The molecule has 1 heterocycles. The second kappa shape index (κ2) is 6.16. The number of morpholine rings is 1. The van der Waals surface area contributed by atoms with Crippen LogP contribution in [-0.4, -0.2) is 35.6 Å². The maximum absolute atomic E-state index is 12.1. The van der Waals surface area contributed by atoms with E-state index in [9.17, 15) is 4.79 Å². The van der Waals surface area contributed by atoms with Gasteiger partial charge in [-0.3, -0.25) is 4.79 Å². The predicted octanol–water partition coefficient (Wildman–Crippen LogP) is 1.82. The molecule has 1 rings (SSSR count). The van der Waals surface area contributed by atoms with Gasteiger partial charge in [-0.15, -0.1) is 0 Å². The molecule has 0 radical (unpaired) electrons. The van der Waals surface area contributed by atoms with E-state index in [2.05, 4.69) is 13.5 Å². The Morgan fingerprint density at radius 1 is 1.72 bits per heavy atom. The molecule has 0 spiro atoms. The van der Waals surface area contributed by atoms with E-state index in [0.29, 0.717) is 13.1 Å². The van der Waals surface area contributed by atoms with E-state index in [1.54, 1.807) is 17.9 Å². The first-order valence-electron chi connectivity index (χ1n) is 6.48. The summed E-state index contributed by atoms with van der Waals surface area (Å²) in [4.78, 5) is 13.9. The van der Waals surface area contributed by atoms with Crippen molar-refractivity contribution in [1.82, 2.24) is 4.90 Å². The minimum absolute atomic E-state index is 0.00620. The summed E-state index contributed by atoms with van der Waals surface area (Å²) < 4.78 is 5.91. The van der Waals surface area contributed by atoms with E-state index in [1.165, 1.54) is 0 Å². The van der Waals surface area contributed by atoms with Crippen LogP contribution in [0, 0.1) is 0 Å². The SMILES string of the molecule is C=C/C=C(\C)N1CC(CC)(CCN)OC(C)C1=O. The second-order valence-electron chi connectivity index (χ2n) is 4.80. The average molecular weight is 252 g/mol. The number of carbonyl (C=O) groups excluding carboxylic acids is 1. The van der Waals surface area contributed by atoms with Crippen LogP contribution in [0.15, 0.2) is 24.4 Å². The van der Waals surface area contributed by atoms with E-state index in [1.807, 2.05) is 13.0 Å². The van der Waals surface area contributed by atoms with Crippen molar-refractivity contribution in [3.8, 4) is 0 Å². The first-order chi connectivity index (χ1) is 8.49. The number of ether oxygens (including phenoxy) is 1. The van der Waals surface area contributed by atoms with Crippen molar-refractivity contribution in [2.24, 2.45) is 5.73 Å². The van der Waals surface area contributed by atoms with Crippen LogP contribution in [-0.2, 0) is 9.53 Å². The Balaban J connectivity index is 3.00. The van der Waals surface area contributed by atoms with Gasteiger partial charge in [0.2, 0.25) is 0 Å². The molecule has 1 saturated heterocycles. The summed E-state index contributed by atoms with van der Waals surface area (Å²) >= 11 is 0. The average Bonchev–Trinajstić information content (AvgIpc) is 2.34. The maximum atomic E-state index is 12.1. The highest BCUT2D eigenvalue weighted by atomic mass is 16.5. The van der Waals surface area contributed by atoms with E-state index in [-0.39, 0.29) is 11.5 Å². The Morgan fingerprint density at radius 2 is 2.39 bits per heavy atom. The van der Waals surface area contributed by atoms with Crippen LogP contribution in [0.25, 0.3) is 0 Å². The lowest BCUT2D eigenvalue weighted by Crippen LogP contribution is -2.57. The molecule has 0 aromatic carbocycles. The van der Waals surface area contributed by atoms with Gasteiger partial charge in [-0.2, -0.15) is 0 Å².